The third kappa shape index (κ3) is 0.832. The first kappa shape index (κ1) is 7.51. The van der Waals surface area contributed by atoms with Crippen LogP contribution in [0, 0.1) is 0 Å². The summed E-state index contributed by atoms with van der Waals surface area (Å²) in [5.41, 5.74) is 6.26. The van der Waals surface area contributed by atoms with E-state index < -0.39 is 0 Å². The minimum Gasteiger partial charge on any atom is -0.264 e. The number of hydrogen-bond acceptors (Lipinski definition) is 3. The molecule has 0 saturated carbocycles. The van der Waals surface area contributed by atoms with Crippen molar-refractivity contribution in [1.82, 2.24) is 15.0 Å². The van der Waals surface area contributed by atoms with Gasteiger partial charge in [0.25, 0.3) is 0 Å². The molecule has 1 unspecified atom stereocenters. The van der Waals surface area contributed by atoms with Crippen LogP contribution >= 0.6 is 0 Å². The third-order valence-electron chi connectivity index (χ3n) is 3.41. The number of hydrogen-bond donors (Lipinski definition) is 0. The first-order valence-electron chi connectivity index (χ1n) is 5.20. The van der Waals surface area contributed by atoms with Gasteiger partial charge in [-0.15, -0.1) is 0 Å². The minimum absolute atomic E-state index is 0.599. The Kier molecular flexibility index (Phi) is 1.21. The molecule has 2 aromatic heterocycles. The van der Waals surface area contributed by atoms with Gasteiger partial charge in [0.2, 0.25) is 0 Å². The molecular weight excluding hydrogens is 186 g/mol. The Morgan fingerprint density at radius 1 is 1.07 bits per heavy atom. The molecule has 15 heavy (non-hydrogen) atoms. The summed E-state index contributed by atoms with van der Waals surface area (Å²) in [6, 6.07) is 0. The van der Waals surface area contributed by atoms with E-state index in [1.165, 1.54) is 16.7 Å². The van der Waals surface area contributed by atoms with Gasteiger partial charge in [0, 0.05) is 30.4 Å². The highest BCUT2D eigenvalue weighted by Crippen LogP contribution is 2.46. The van der Waals surface area contributed by atoms with Crippen LogP contribution in [0.3, 0.4) is 0 Å². The molecule has 2 aliphatic carbocycles. The first-order valence-corrected chi connectivity index (χ1v) is 5.20. The van der Waals surface area contributed by atoms with E-state index in [1.807, 2.05) is 12.4 Å². The fraction of sp³-hybridized carbons (Fsp3) is 0.250. The molecule has 2 heterocycles. The van der Waals surface area contributed by atoms with Gasteiger partial charge in [-0.3, -0.25) is 15.0 Å². The summed E-state index contributed by atoms with van der Waals surface area (Å²) >= 11 is 0. The zero-order valence-corrected chi connectivity index (χ0v) is 8.14. The zero-order chi connectivity index (χ0) is 9.83. The standard InChI is InChI=1S/C12H9N3/c1-2-15-12-10(14-1)4-7-3-8-5-13-6-9(7)11(8)12/h1-2,5-7H,3-4H2. The van der Waals surface area contributed by atoms with Gasteiger partial charge >= 0.3 is 0 Å². The van der Waals surface area contributed by atoms with E-state index in [0.717, 1.165) is 24.2 Å². The molecule has 2 aliphatic rings. The van der Waals surface area contributed by atoms with Crippen LogP contribution in [0.1, 0.15) is 22.7 Å². The molecular formula is C12H9N3. The molecule has 0 spiro atoms. The lowest BCUT2D eigenvalue weighted by molar-refractivity contribution is 0.691. The Balaban J connectivity index is 2.13. The molecule has 3 nitrogen and oxygen atoms in total. The van der Waals surface area contributed by atoms with Gasteiger partial charge in [0.15, 0.2) is 0 Å². The van der Waals surface area contributed by atoms with Crippen molar-refractivity contribution < 1.29 is 0 Å². The Bertz CT molecular complexity index is 562. The largest absolute Gasteiger partial charge is 0.264 e. The fourth-order valence-corrected chi connectivity index (χ4v) is 2.79. The fourth-order valence-electron chi connectivity index (χ4n) is 2.79. The van der Waals surface area contributed by atoms with Crippen LogP contribution < -0.4 is 0 Å². The number of pyridine rings is 1. The molecule has 0 saturated heterocycles. The highest BCUT2D eigenvalue weighted by molar-refractivity contribution is 5.75. The molecule has 0 radical (unpaired) electrons. The lowest BCUT2D eigenvalue weighted by atomic mass is 9.90. The van der Waals surface area contributed by atoms with Crippen molar-refractivity contribution >= 4 is 0 Å². The lowest BCUT2D eigenvalue weighted by Gasteiger charge is -2.17. The molecule has 72 valence electrons. The second kappa shape index (κ2) is 2.42. The first-order chi connectivity index (χ1) is 7.43. The quantitative estimate of drug-likeness (QED) is 0.642. The molecule has 1 atom stereocenters. The van der Waals surface area contributed by atoms with Crippen LogP contribution in [0.2, 0.25) is 0 Å². The van der Waals surface area contributed by atoms with Gasteiger partial charge in [0.05, 0.1) is 11.4 Å². The highest BCUT2D eigenvalue weighted by atomic mass is 14.8. The van der Waals surface area contributed by atoms with E-state index in [1.54, 1.807) is 12.4 Å². The SMILES string of the molecule is c1cnc2c(n1)CC1Cc3cncc1c3-2. The number of fused-ring (bicyclic) bond motifs is 1. The second-order valence-electron chi connectivity index (χ2n) is 4.22. The van der Waals surface area contributed by atoms with Crippen molar-refractivity contribution in [2.45, 2.75) is 18.8 Å². The summed E-state index contributed by atoms with van der Waals surface area (Å²) < 4.78 is 0. The number of rotatable bonds is 0. The van der Waals surface area contributed by atoms with Gasteiger partial charge in [-0.1, -0.05) is 0 Å². The van der Waals surface area contributed by atoms with Gasteiger partial charge in [-0.25, -0.2) is 0 Å². The van der Waals surface area contributed by atoms with E-state index in [4.69, 9.17) is 0 Å². The van der Waals surface area contributed by atoms with Gasteiger partial charge < -0.3 is 0 Å². The molecule has 4 rings (SSSR count). The lowest BCUT2D eigenvalue weighted by Crippen LogP contribution is -2.08. The van der Waals surface area contributed by atoms with Crippen LogP contribution in [0.15, 0.2) is 24.8 Å². The summed E-state index contributed by atoms with van der Waals surface area (Å²) in [7, 11) is 0. The highest BCUT2D eigenvalue weighted by Gasteiger charge is 2.34. The Labute approximate surface area is 87.2 Å². The Hall–Kier alpha value is -1.77. The van der Waals surface area contributed by atoms with Crippen molar-refractivity contribution in [3.05, 3.63) is 41.6 Å². The maximum absolute atomic E-state index is 4.46. The summed E-state index contributed by atoms with van der Waals surface area (Å²) in [6.45, 7) is 0. The van der Waals surface area contributed by atoms with Crippen molar-refractivity contribution in [2.75, 3.05) is 0 Å². The van der Waals surface area contributed by atoms with Crippen LogP contribution in [0.5, 0.6) is 0 Å². The smallest absolute Gasteiger partial charge is 0.0924 e. The molecule has 0 amide bonds. The molecule has 3 heteroatoms. The van der Waals surface area contributed by atoms with Gasteiger partial charge in [-0.05, 0) is 29.9 Å². The normalized spacial score (nSPS) is 20.1. The van der Waals surface area contributed by atoms with Crippen LogP contribution in [0.25, 0.3) is 11.3 Å². The van der Waals surface area contributed by atoms with Gasteiger partial charge in [-0.2, -0.15) is 0 Å². The van der Waals surface area contributed by atoms with E-state index in [9.17, 15) is 0 Å². The Morgan fingerprint density at radius 2 is 2.00 bits per heavy atom. The maximum atomic E-state index is 4.46. The average molecular weight is 195 g/mol. The predicted octanol–water partition coefficient (Wildman–Crippen LogP) is 1.73. The third-order valence-corrected chi connectivity index (χ3v) is 3.41. The van der Waals surface area contributed by atoms with E-state index in [-0.39, 0.29) is 0 Å². The number of aromatic nitrogens is 3. The van der Waals surface area contributed by atoms with Crippen LogP contribution in [-0.4, -0.2) is 15.0 Å². The zero-order valence-electron chi connectivity index (χ0n) is 8.14. The topological polar surface area (TPSA) is 38.7 Å². The molecule has 0 aromatic carbocycles. The van der Waals surface area contributed by atoms with Crippen molar-refractivity contribution in [1.29, 1.82) is 0 Å². The molecule has 4 bridgehead atoms. The van der Waals surface area contributed by atoms with Crippen molar-refractivity contribution in [3.8, 4) is 11.3 Å². The monoisotopic (exact) mass is 195 g/mol. The van der Waals surface area contributed by atoms with Crippen LogP contribution in [0.4, 0.5) is 0 Å². The van der Waals surface area contributed by atoms with Crippen molar-refractivity contribution in [2.24, 2.45) is 0 Å². The summed E-state index contributed by atoms with van der Waals surface area (Å²) in [5, 5.41) is 0. The molecule has 0 fully saturated rings. The van der Waals surface area contributed by atoms with E-state index in [2.05, 4.69) is 15.0 Å². The molecule has 2 aromatic rings. The van der Waals surface area contributed by atoms with Gasteiger partial charge in [0.1, 0.15) is 0 Å². The molecule has 0 aliphatic heterocycles. The second-order valence-corrected chi connectivity index (χ2v) is 4.22. The summed E-state index contributed by atoms with van der Waals surface area (Å²) in [6.07, 6.45) is 9.66. The Morgan fingerprint density at radius 3 is 3.00 bits per heavy atom. The van der Waals surface area contributed by atoms with E-state index >= 15 is 0 Å². The maximum Gasteiger partial charge on any atom is 0.0924 e. The van der Waals surface area contributed by atoms with Crippen LogP contribution in [-0.2, 0) is 12.8 Å². The predicted molar refractivity (Wildman–Crippen MR) is 55.4 cm³/mol. The average Bonchev–Trinajstić information content (AvgIpc) is 2.46. The number of nitrogens with zero attached hydrogens (tertiary/aromatic N) is 3. The van der Waals surface area contributed by atoms with Crippen molar-refractivity contribution in [3.63, 3.8) is 0 Å². The van der Waals surface area contributed by atoms with E-state index in [0.29, 0.717) is 5.92 Å². The summed E-state index contributed by atoms with van der Waals surface area (Å²) in [4.78, 5) is 13.1. The summed E-state index contributed by atoms with van der Waals surface area (Å²) in [5.74, 6) is 0.599. The minimum atomic E-state index is 0.599. The molecule has 0 N–H and O–H groups in total.